The predicted molar refractivity (Wildman–Crippen MR) is 132 cm³/mol. The molecule has 2 N–H and O–H groups in total. The number of anilines is 1. The lowest BCUT2D eigenvalue weighted by Crippen LogP contribution is -2.44. The first kappa shape index (κ1) is 23.4. The molecule has 0 aliphatic carbocycles. The van der Waals surface area contributed by atoms with Crippen LogP contribution in [0, 0.1) is 6.92 Å². The Balaban J connectivity index is 0.00000300. The van der Waals surface area contributed by atoms with Crippen LogP contribution in [0.2, 0.25) is 0 Å². The van der Waals surface area contributed by atoms with E-state index in [1.807, 2.05) is 6.20 Å². The van der Waals surface area contributed by atoms with E-state index < -0.39 is 0 Å². The molecule has 0 bridgehead atoms. The summed E-state index contributed by atoms with van der Waals surface area (Å²) in [7, 11) is 2.17. The van der Waals surface area contributed by atoms with E-state index in [9.17, 15) is 0 Å². The highest BCUT2D eigenvalue weighted by molar-refractivity contribution is 14.0. The summed E-state index contributed by atoms with van der Waals surface area (Å²) in [4.78, 5) is 14.1. The van der Waals surface area contributed by atoms with Crippen LogP contribution in [0.1, 0.15) is 23.6 Å². The third kappa shape index (κ3) is 7.47. The maximum absolute atomic E-state index is 4.71. The summed E-state index contributed by atoms with van der Waals surface area (Å²) in [6.07, 6.45) is 1.95. The van der Waals surface area contributed by atoms with Crippen LogP contribution in [-0.4, -0.2) is 55.6 Å². The predicted octanol–water partition coefficient (Wildman–Crippen LogP) is 3.02. The van der Waals surface area contributed by atoms with Gasteiger partial charge in [0, 0.05) is 45.5 Å². The Morgan fingerprint density at radius 3 is 2.52 bits per heavy atom. The summed E-state index contributed by atoms with van der Waals surface area (Å²) in [5.74, 6) is 1.89. The van der Waals surface area contributed by atoms with Gasteiger partial charge in [-0.05, 0) is 38.1 Å². The fourth-order valence-corrected chi connectivity index (χ4v) is 3.25. The number of guanidine groups is 1. The Labute approximate surface area is 191 Å². The minimum atomic E-state index is 0. The Bertz CT molecular complexity index is 769. The number of nitrogens with one attached hydrogen (secondary N) is 2. The standard InChI is InChI=1S/C22H32N6.HI/c1-4-23-22(25-15-19-7-5-6-18(2)14-19)26-17-20-8-9-21(24-16-20)28-12-10-27(3)11-13-28;/h5-9,14,16H,4,10-13,15,17H2,1-3H3,(H2,23,25,26);1H. The number of piperazine rings is 1. The summed E-state index contributed by atoms with van der Waals surface area (Å²) in [5, 5.41) is 6.72. The van der Waals surface area contributed by atoms with Crippen molar-refractivity contribution >= 4 is 35.8 Å². The van der Waals surface area contributed by atoms with Gasteiger partial charge in [0.05, 0.1) is 6.54 Å². The Morgan fingerprint density at radius 1 is 1.07 bits per heavy atom. The van der Waals surface area contributed by atoms with Gasteiger partial charge in [-0.25, -0.2) is 9.98 Å². The molecule has 0 unspecified atom stereocenters. The molecule has 1 saturated heterocycles. The minimum absolute atomic E-state index is 0. The zero-order valence-electron chi connectivity index (χ0n) is 17.7. The second-order valence-corrected chi connectivity index (χ2v) is 7.35. The van der Waals surface area contributed by atoms with Gasteiger partial charge in [0.25, 0.3) is 0 Å². The minimum Gasteiger partial charge on any atom is -0.357 e. The van der Waals surface area contributed by atoms with Gasteiger partial charge >= 0.3 is 0 Å². The average Bonchev–Trinajstić information content (AvgIpc) is 2.71. The van der Waals surface area contributed by atoms with Crippen molar-refractivity contribution in [2.45, 2.75) is 26.9 Å². The maximum atomic E-state index is 4.71. The van der Waals surface area contributed by atoms with Crippen LogP contribution in [-0.2, 0) is 13.1 Å². The van der Waals surface area contributed by atoms with E-state index in [0.29, 0.717) is 6.54 Å². The van der Waals surface area contributed by atoms with E-state index in [4.69, 9.17) is 4.99 Å². The molecule has 1 aliphatic rings. The number of hydrogen-bond donors (Lipinski definition) is 2. The Hall–Kier alpha value is -1.87. The van der Waals surface area contributed by atoms with Crippen LogP contribution in [0.15, 0.2) is 47.6 Å². The first-order chi connectivity index (χ1) is 13.6. The van der Waals surface area contributed by atoms with Gasteiger partial charge in [0.1, 0.15) is 5.82 Å². The number of hydrogen-bond acceptors (Lipinski definition) is 4. The van der Waals surface area contributed by atoms with Gasteiger partial charge in [-0.1, -0.05) is 35.9 Å². The highest BCUT2D eigenvalue weighted by Crippen LogP contribution is 2.14. The molecule has 6 nitrogen and oxygen atoms in total. The molecule has 0 radical (unpaired) electrons. The highest BCUT2D eigenvalue weighted by atomic mass is 127. The molecule has 1 aliphatic heterocycles. The Kier molecular flexibility index (Phi) is 9.66. The summed E-state index contributed by atoms with van der Waals surface area (Å²) in [6.45, 7) is 10.6. The smallest absolute Gasteiger partial charge is 0.191 e. The van der Waals surface area contributed by atoms with Crippen molar-refractivity contribution in [3.63, 3.8) is 0 Å². The van der Waals surface area contributed by atoms with Gasteiger partial charge in [0.15, 0.2) is 5.96 Å². The molecule has 1 aromatic carbocycles. The van der Waals surface area contributed by atoms with Crippen LogP contribution in [0.5, 0.6) is 0 Å². The number of likely N-dealkylation sites (N-methyl/N-ethyl adjacent to an activating group) is 1. The number of rotatable bonds is 6. The van der Waals surface area contributed by atoms with Crippen molar-refractivity contribution < 1.29 is 0 Å². The molecular weight excluding hydrogens is 475 g/mol. The summed E-state index contributed by atoms with van der Waals surface area (Å²) < 4.78 is 0. The first-order valence-corrected chi connectivity index (χ1v) is 10.1. The number of nitrogens with zero attached hydrogens (tertiary/aromatic N) is 4. The van der Waals surface area contributed by atoms with Crippen LogP contribution < -0.4 is 15.5 Å². The van der Waals surface area contributed by atoms with Crippen molar-refractivity contribution in [2.75, 3.05) is 44.7 Å². The average molecular weight is 508 g/mol. The highest BCUT2D eigenvalue weighted by Gasteiger charge is 2.14. The monoisotopic (exact) mass is 508 g/mol. The van der Waals surface area contributed by atoms with Gasteiger partial charge < -0.3 is 20.4 Å². The first-order valence-electron chi connectivity index (χ1n) is 10.1. The van der Waals surface area contributed by atoms with E-state index in [-0.39, 0.29) is 24.0 Å². The van der Waals surface area contributed by atoms with Crippen LogP contribution in [0.4, 0.5) is 5.82 Å². The van der Waals surface area contributed by atoms with E-state index in [1.165, 1.54) is 11.1 Å². The van der Waals surface area contributed by atoms with E-state index in [1.54, 1.807) is 0 Å². The lowest BCUT2D eigenvalue weighted by Gasteiger charge is -2.33. The zero-order chi connectivity index (χ0) is 19.8. The van der Waals surface area contributed by atoms with Gasteiger partial charge in [-0.15, -0.1) is 24.0 Å². The number of pyridine rings is 1. The SMILES string of the molecule is CCNC(=NCc1ccc(N2CCN(C)CC2)nc1)NCc1cccc(C)c1.I. The molecule has 0 amide bonds. The molecule has 1 aromatic heterocycles. The summed E-state index contributed by atoms with van der Waals surface area (Å²) in [5.41, 5.74) is 3.64. The van der Waals surface area contributed by atoms with Crippen molar-refractivity contribution in [2.24, 2.45) is 4.99 Å². The van der Waals surface area contributed by atoms with Crippen molar-refractivity contribution in [3.05, 3.63) is 59.3 Å². The van der Waals surface area contributed by atoms with Crippen LogP contribution in [0.25, 0.3) is 0 Å². The fraction of sp³-hybridized carbons (Fsp3) is 0.455. The second-order valence-electron chi connectivity index (χ2n) is 7.35. The second kappa shape index (κ2) is 12.0. The van der Waals surface area contributed by atoms with Crippen molar-refractivity contribution in [3.8, 4) is 0 Å². The van der Waals surface area contributed by atoms with E-state index in [0.717, 1.165) is 56.6 Å². The zero-order valence-corrected chi connectivity index (χ0v) is 20.0. The molecule has 2 heterocycles. The molecule has 0 atom stereocenters. The quantitative estimate of drug-likeness (QED) is 0.357. The normalized spacial score (nSPS) is 15.0. The molecule has 2 aromatic rings. The van der Waals surface area contributed by atoms with Crippen molar-refractivity contribution in [1.82, 2.24) is 20.5 Å². The summed E-state index contributed by atoms with van der Waals surface area (Å²) >= 11 is 0. The maximum Gasteiger partial charge on any atom is 0.191 e. The van der Waals surface area contributed by atoms with Gasteiger partial charge in [0.2, 0.25) is 0 Å². The third-order valence-corrected chi connectivity index (χ3v) is 4.94. The van der Waals surface area contributed by atoms with Crippen LogP contribution in [0.3, 0.4) is 0 Å². The number of aryl methyl sites for hydroxylation is 1. The number of aliphatic imine (C=N–C) groups is 1. The van der Waals surface area contributed by atoms with Gasteiger partial charge in [-0.3, -0.25) is 0 Å². The van der Waals surface area contributed by atoms with Crippen LogP contribution >= 0.6 is 24.0 Å². The number of benzene rings is 1. The van der Waals surface area contributed by atoms with E-state index >= 15 is 0 Å². The molecule has 3 rings (SSSR count). The van der Waals surface area contributed by atoms with Crippen molar-refractivity contribution in [1.29, 1.82) is 0 Å². The number of halogens is 1. The lowest BCUT2D eigenvalue weighted by molar-refractivity contribution is 0.312. The molecular formula is C22H33IN6. The van der Waals surface area contributed by atoms with E-state index in [2.05, 4.69) is 82.7 Å². The molecule has 29 heavy (non-hydrogen) atoms. The molecule has 0 saturated carbocycles. The molecule has 7 heteroatoms. The van der Waals surface area contributed by atoms with Gasteiger partial charge in [-0.2, -0.15) is 0 Å². The summed E-state index contributed by atoms with van der Waals surface area (Å²) in [6, 6.07) is 12.8. The lowest BCUT2D eigenvalue weighted by atomic mass is 10.1. The molecule has 0 spiro atoms. The largest absolute Gasteiger partial charge is 0.357 e. The number of aromatic nitrogens is 1. The molecule has 158 valence electrons. The molecule has 1 fully saturated rings. The Morgan fingerprint density at radius 2 is 1.86 bits per heavy atom. The fourth-order valence-electron chi connectivity index (χ4n) is 3.25. The topological polar surface area (TPSA) is 55.8 Å². The third-order valence-electron chi connectivity index (χ3n) is 4.94.